The van der Waals surface area contributed by atoms with Gasteiger partial charge in [0, 0.05) is 19.1 Å². The molecule has 1 saturated heterocycles. The Balaban J connectivity index is 1.68. The number of carbonyl (C=O) groups is 2. The highest BCUT2D eigenvalue weighted by Gasteiger charge is 2.28. The third kappa shape index (κ3) is 3.49. The Kier molecular flexibility index (Phi) is 4.83. The van der Waals surface area contributed by atoms with Crippen LogP contribution < -0.4 is 10.2 Å². The maximum Gasteiger partial charge on any atom is 0.337 e. The van der Waals surface area contributed by atoms with Gasteiger partial charge in [-0.3, -0.25) is 4.79 Å². The van der Waals surface area contributed by atoms with Gasteiger partial charge in [0.05, 0.1) is 11.3 Å². The van der Waals surface area contributed by atoms with E-state index in [2.05, 4.69) is 10.3 Å². The van der Waals surface area contributed by atoms with E-state index in [1.54, 1.807) is 4.90 Å². The minimum atomic E-state index is -1.11. The van der Waals surface area contributed by atoms with Crippen molar-refractivity contribution in [2.24, 2.45) is 0 Å². The summed E-state index contributed by atoms with van der Waals surface area (Å²) in [6, 6.07) is 6.08. The summed E-state index contributed by atoms with van der Waals surface area (Å²) in [5.74, 6) is -2.84. The number of aryl methyl sites for hydroxylation is 1. The highest BCUT2D eigenvalue weighted by molar-refractivity contribution is 5.94. The van der Waals surface area contributed by atoms with Crippen molar-refractivity contribution in [3.63, 3.8) is 0 Å². The summed E-state index contributed by atoms with van der Waals surface area (Å²) >= 11 is 0. The molecule has 8 heteroatoms. The van der Waals surface area contributed by atoms with E-state index < -0.39 is 23.5 Å². The van der Waals surface area contributed by atoms with Crippen LogP contribution in [-0.4, -0.2) is 41.1 Å². The molecule has 1 aliphatic rings. The summed E-state index contributed by atoms with van der Waals surface area (Å²) in [6.07, 6.45) is 0.533. The number of nitrogens with zero attached hydrogens (tertiary/aromatic N) is 2. The third-order valence-electron chi connectivity index (χ3n) is 4.33. The first kappa shape index (κ1) is 17.8. The number of carbonyl (C=O) groups excluding carboxylic acids is 1. The first-order chi connectivity index (χ1) is 12.4. The van der Waals surface area contributed by atoms with Crippen molar-refractivity contribution in [1.82, 2.24) is 10.3 Å². The smallest absolute Gasteiger partial charge is 0.337 e. The van der Waals surface area contributed by atoms with Crippen molar-refractivity contribution in [2.75, 3.05) is 18.0 Å². The van der Waals surface area contributed by atoms with Crippen LogP contribution in [0.15, 0.2) is 30.3 Å². The van der Waals surface area contributed by atoms with Gasteiger partial charge in [0.1, 0.15) is 23.0 Å². The monoisotopic (exact) mass is 361 g/mol. The van der Waals surface area contributed by atoms with E-state index in [4.69, 9.17) is 5.11 Å². The summed E-state index contributed by atoms with van der Waals surface area (Å²) in [5, 5.41) is 11.8. The number of amides is 1. The number of carboxylic acids is 1. The highest BCUT2D eigenvalue weighted by atomic mass is 19.1. The predicted octanol–water partition coefficient (Wildman–Crippen LogP) is 2.38. The van der Waals surface area contributed by atoms with Gasteiger partial charge in [0.15, 0.2) is 0 Å². The van der Waals surface area contributed by atoms with Crippen molar-refractivity contribution in [3.8, 4) is 0 Å². The minimum absolute atomic E-state index is 0.0311. The van der Waals surface area contributed by atoms with Gasteiger partial charge in [-0.1, -0.05) is 6.07 Å². The zero-order valence-corrected chi connectivity index (χ0v) is 14.0. The van der Waals surface area contributed by atoms with E-state index in [0.29, 0.717) is 13.0 Å². The van der Waals surface area contributed by atoms with Crippen molar-refractivity contribution in [2.45, 2.75) is 19.4 Å². The number of anilines is 1. The molecule has 1 aromatic heterocycles. The van der Waals surface area contributed by atoms with Gasteiger partial charge in [0.25, 0.3) is 5.91 Å². The van der Waals surface area contributed by atoms with E-state index in [1.165, 1.54) is 37.3 Å². The molecule has 2 heterocycles. The summed E-state index contributed by atoms with van der Waals surface area (Å²) in [4.78, 5) is 28.9. The fourth-order valence-corrected chi connectivity index (χ4v) is 3.05. The van der Waals surface area contributed by atoms with E-state index in [-0.39, 0.29) is 35.2 Å². The molecule has 0 spiro atoms. The molecule has 0 bridgehead atoms. The van der Waals surface area contributed by atoms with E-state index >= 15 is 0 Å². The molecule has 0 aliphatic carbocycles. The lowest BCUT2D eigenvalue weighted by atomic mass is 10.1. The molecule has 2 N–H and O–H groups in total. The van der Waals surface area contributed by atoms with Crippen LogP contribution in [0.2, 0.25) is 0 Å². The summed E-state index contributed by atoms with van der Waals surface area (Å²) in [7, 11) is 0. The van der Waals surface area contributed by atoms with E-state index in [9.17, 15) is 18.4 Å². The first-order valence-electron chi connectivity index (χ1n) is 8.07. The number of aromatic carboxylic acids is 1. The third-order valence-corrected chi connectivity index (χ3v) is 4.33. The van der Waals surface area contributed by atoms with E-state index in [0.717, 1.165) is 0 Å². The van der Waals surface area contributed by atoms with Gasteiger partial charge in [-0.05, 0) is 37.6 Å². The second-order valence-corrected chi connectivity index (χ2v) is 6.11. The lowest BCUT2D eigenvalue weighted by Gasteiger charge is -2.20. The number of rotatable bonds is 4. The molecule has 1 unspecified atom stereocenters. The number of benzene rings is 1. The van der Waals surface area contributed by atoms with Crippen molar-refractivity contribution < 1.29 is 23.5 Å². The van der Waals surface area contributed by atoms with Crippen LogP contribution in [0.25, 0.3) is 0 Å². The van der Waals surface area contributed by atoms with Gasteiger partial charge in [0.2, 0.25) is 0 Å². The van der Waals surface area contributed by atoms with Crippen molar-refractivity contribution in [3.05, 3.63) is 58.9 Å². The molecule has 1 aromatic carbocycles. The molecule has 0 radical (unpaired) electrons. The maximum atomic E-state index is 13.9. The number of hydrogen-bond acceptors (Lipinski definition) is 4. The van der Waals surface area contributed by atoms with Gasteiger partial charge in [-0.2, -0.15) is 0 Å². The lowest BCUT2D eigenvalue weighted by Crippen LogP contribution is -2.37. The Morgan fingerprint density at radius 3 is 2.54 bits per heavy atom. The second kappa shape index (κ2) is 7.07. The minimum Gasteiger partial charge on any atom is -0.478 e. The summed E-state index contributed by atoms with van der Waals surface area (Å²) in [5.41, 5.74) is 0.280. The molecule has 6 nitrogen and oxygen atoms in total. The fraction of sp³-hybridized carbons (Fsp3) is 0.278. The standard InChI is InChI=1S/C18H17F2N3O3/c1-10-12(18(25)26)5-6-15(21-10)17(24)22-11-7-8-23(9-11)16-13(19)3-2-4-14(16)20/h2-6,11H,7-9H2,1H3,(H,22,24)(H,25,26). The highest BCUT2D eigenvalue weighted by Crippen LogP contribution is 2.26. The van der Waals surface area contributed by atoms with Crippen molar-refractivity contribution in [1.29, 1.82) is 0 Å². The lowest BCUT2D eigenvalue weighted by molar-refractivity contribution is 0.0694. The Labute approximate surface area is 148 Å². The molecule has 1 atom stereocenters. The fourth-order valence-electron chi connectivity index (χ4n) is 3.05. The average Bonchev–Trinajstić information content (AvgIpc) is 3.02. The normalized spacial score (nSPS) is 16.6. The molecule has 1 fully saturated rings. The van der Waals surface area contributed by atoms with Crippen LogP contribution >= 0.6 is 0 Å². The first-order valence-corrected chi connectivity index (χ1v) is 8.07. The summed E-state index contributed by atoms with van der Waals surface area (Å²) in [6.45, 7) is 2.20. The molecule has 0 saturated carbocycles. The average molecular weight is 361 g/mol. The number of para-hydroxylation sites is 1. The molecular weight excluding hydrogens is 344 g/mol. The quantitative estimate of drug-likeness (QED) is 0.874. The molecule has 26 heavy (non-hydrogen) atoms. The topological polar surface area (TPSA) is 82.5 Å². The number of carboxylic acid groups (broad SMARTS) is 1. The Hall–Kier alpha value is -3.03. The van der Waals surface area contributed by atoms with Crippen LogP contribution in [0.5, 0.6) is 0 Å². The zero-order valence-electron chi connectivity index (χ0n) is 14.0. The number of aromatic nitrogens is 1. The molecule has 1 amide bonds. The molecule has 2 aromatic rings. The Morgan fingerprint density at radius 2 is 1.92 bits per heavy atom. The van der Waals surface area contributed by atoms with Gasteiger partial charge in [-0.15, -0.1) is 0 Å². The van der Waals surface area contributed by atoms with Crippen LogP contribution in [0.3, 0.4) is 0 Å². The Morgan fingerprint density at radius 1 is 1.23 bits per heavy atom. The number of hydrogen-bond donors (Lipinski definition) is 2. The van der Waals surface area contributed by atoms with Crippen LogP contribution in [0, 0.1) is 18.6 Å². The SMILES string of the molecule is Cc1nc(C(=O)NC2CCN(c3c(F)cccc3F)C2)ccc1C(=O)O. The van der Waals surface area contributed by atoms with Gasteiger partial charge in [-0.25, -0.2) is 18.6 Å². The van der Waals surface area contributed by atoms with Crippen LogP contribution in [0.1, 0.15) is 33.0 Å². The second-order valence-electron chi connectivity index (χ2n) is 6.11. The van der Waals surface area contributed by atoms with Crippen LogP contribution in [0.4, 0.5) is 14.5 Å². The Bertz CT molecular complexity index is 853. The number of nitrogens with one attached hydrogen (secondary N) is 1. The zero-order chi connectivity index (χ0) is 18.8. The molecule has 1 aliphatic heterocycles. The predicted molar refractivity (Wildman–Crippen MR) is 90.4 cm³/mol. The number of pyridine rings is 1. The molecule has 3 rings (SSSR count). The largest absolute Gasteiger partial charge is 0.478 e. The maximum absolute atomic E-state index is 13.9. The van der Waals surface area contributed by atoms with E-state index in [1.807, 2.05) is 0 Å². The molecule has 136 valence electrons. The van der Waals surface area contributed by atoms with Gasteiger partial charge < -0.3 is 15.3 Å². The van der Waals surface area contributed by atoms with Crippen molar-refractivity contribution >= 4 is 17.6 Å². The molecular formula is C18H17F2N3O3. The van der Waals surface area contributed by atoms with Gasteiger partial charge >= 0.3 is 5.97 Å². The summed E-state index contributed by atoms with van der Waals surface area (Å²) < 4.78 is 27.8. The number of halogens is 2. The van der Waals surface area contributed by atoms with Crippen LogP contribution in [-0.2, 0) is 0 Å².